The quantitative estimate of drug-likeness (QED) is 0.776. The molecule has 1 aromatic carbocycles. The highest BCUT2D eigenvalue weighted by Crippen LogP contribution is 2.43. The number of hydrogen-bond acceptors (Lipinski definition) is 5. The summed E-state index contributed by atoms with van der Waals surface area (Å²) in [6.07, 6.45) is 0.468. The second-order valence-electron chi connectivity index (χ2n) is 4.19. The second-order valence-corrected chi connectivity index (χ2v) is 4.19. The van der Waals surface area contributed by atoms with Crippen LogP contribution < -0.4 is 9.47 Å². The van der Waals surface area contributed by atoms with E-state index in [1.807, 2.05) is 6.07 Å². The van der Waals surface area contributed by atoms with Crippen molar-refractivity contribution in [1.82, 2.24) is 5.16 Å². The van der Waals surface area contributed by atoms with Gasteiger partial charge in [-0.25, -0.2) is 4.79 Å². The Morgan fingerprint density at radius 2 is 2.00 bits per heavy atom. The molecule has 1 heterocycles. The molecule has 6 heteroatoms. The SMILES string of the molecule is COc1cc2c(cc1OC)-c1onc(C(=O)O)c1C2. The third-order valence-electron chi connectivity index (χ3n) is 3.21. The summed E-state index contributed by atoms with van der Waals surface area (Å²) >= 11 is 0. The second kappa shape index (κ2) is 4.01. The third kappa shape index (κ3) is 1.56. The molecule has 2 aromatic rings. The summed E-state index contributed by atoms with van der Waals surface area (Å²) in [5.41, 5.74) is 2.30. The molecular weight excluding hydrogens is 250 g/mol. The molecule has 6 nitrogen and oxygen atoms in total. The first-order valence-electron chi connectivity index (χ1n) is 5.62. The van der Waals surface area contributed by atoms with Gasteiger partial charge in [0.1, 0.15) is 0 Å². The zero-order chi connectivity index (χ0) is 13.6. The minimum atomic E-state index is -1.09. The van der Waals surface area contributed by atoms with Crippen molar-refractivity contribution in [2.75, 3.05) is 14.2 Å². The van der Waals surface area contributed by atoms with Crippen molar-refractivity contribution in [3.8, 4) is 22.8 Å². The van der Waals surface area contributed by atoms with Crippen LogP contribution in [0.1, 0.15) is 21.6 Å². The molecule has 1 N–H and O–H groups in total. The highest BCUT2D eigenvalue weighted by atomic mass is 16.5. The predicted molar refractivity (Wildman–Crippen MR) is 64.8 cm³/mol. The monoisotopic (exact) mass is 261 g/mol. The molecule has 1 aliphatic rings. The van der Waals surface area contributed by atoms with Crippen LogP contribution in [0.15, 0.2) is 16.7 Å². The number of carboxylic acid groups (broad SMARTS) is 1. The lowest BCUT2D eigenvalue weighted by molar-refractivity contribution is 0.0685. The summed E-state index contributed by atoms with van der Waals surface area (Å²) in [6, 6.07) is 3.60. The first kappa shape index (κ1) is 11.6. The van der Waals surface area contributed by atoms with Gasteiger partial charge in [-0.1, -0.05) is 5.16 Å². The zero-order valence-electron chi connectivity index (χ0n) is 10.4. The van der Waals surface area contributed by atoms with Crippen LogP contribution in [0.2, 0.25) is 0 Å². The smallest absolute Gasteiger partial charge is 0.358 e. The van der Waals surface area contributed by atoms with Gasteiger partial charge in [0.15, 0.2) is 23.0 Å². The number of carboxylic acids is 1. The Labute approximate surface area is 108 Å². The number of nitrogens with zero attached hydrogens (tertiary/aromatic N) is 1. The summed E-state index contributed by atoms with van der Waals surface area (Å²) in [7, 11) is 3.10. The van der Waals surface area contributed by atoms with Crippen molar-refractivity contribution in [1.29, 1.82) is 0 Å². The van der Waals surface area contributed by atoms with E-state index in [-0.39, 0.29) is 5.69 Å². The van der Waals surface area contributed by atoms with Crippen LogP contribution in [0.5, 0.6) is 11.5 Å². The Balaban J connectivity index is 2.17. The van der Waals surface area contributed by atoms with Crippen molar-refractivity contribution in [3.63, 3.8) is 0 Å². The van der Waals surface area contributed by atoms with E-state index in [9.17, 15) is 4.79 Å². The number of aromatic carboxylic acids is 1. The lowest BCUT2D eigenvalue weighted by Gasteiger charge is -2.09. The van der Waals surface area contributed by atoms with Crippen LogP contribution in [0, 0.1) is 0 Å². The van der Waals surface area contributed by atoms with Crippen LogP contribution in [0.3, 0.4) is 0 Å². The maximum Gasteiger partial charge on any atom is 0.358 e. The molecule has 0 saturated heterocycles. The van der Waals surface area contributed by atoms with Gasteiger partial charge in [-0.3, -0.25) is 0 Å². The molecule has 19 heavy (non-hydrogen) atoms. The van der Waals surface area contributed by atoms with Crippen LogP contribution in [0.4, 0.5) is 0 Å². The number of benzene rings is 1. The average molecular weight is 261 g/mol. The van der Waals surface area contributed by atoms with E-state index in [1.165, 1.54) is 0 Å². The number of ether oxygens (including phenoxy) is 2. The van der Waals surface area contributed by atoms with Gasteiger partial charge in [0.25, 0.3) is 0 Å². The normalized spacial score (nSPS) is 11.9. The first-order chi connectivity index (χ1) is 9.15. The van der Waals surface area contributed by atoms with Crippen LogP contribution in [0.25, 0.3) is 11.3 Å². The van der Waals surface area contributed by atoms with Gasteiger partial charge in [-0.2, -0.15) is 0 Å². The minimum Gasteiger partial charge on any atom is -0.493 e. The van der Waals surface area contributed by atoms with Gasteiger partial charge in [0.2, 0.25) is 0 Å². The van der Waals surface area contributed by atoms with Gasteiger partial charge in [-0.05, 0) is 17.7 Å². The largest absolute Gasteiger partial charge is 0.493 e. The zero-order valence-corrected chi connectivity index (χ0v) is 10.4. The van der Waals surface area contributed by atoms with Crippen LogP contribution in [-0.4, -0.2) is 30.5 Å². The molecule has 98 valence electrons. The van der Waals surface area contributed by atoms with E-state index < -0.39 is 5.97 Å². The number of fused-ring (bicyclic) bond motifs is 3. The minimum absolute atomic E-state index is 0.0378. The Hall–Kier alpha value is -2.50. The fourth-order valence-electron chi connectivity index (χ4n) is 2.32. The Kier molecular flexibility index (Phi) is 2.45. The first-order valence-corrected chi connectivity index (χ1v) is 5.62. The molecule has 0 atom stereocenters. The molecule has 3 rings (SSSR count). The van der Waals surface area contributed by atoms with Crippen LogP contribution >= 0.6 is 0 Å². The predicted octanol–water partition coefficient (Wildman–Crippen LogP) is 1.96. The standard InChI is InChI=1S/C13H11NO5/c1-17-9-4-6-3-8-11(13(15)16)14-19-12(8)7(6)5-10(9)18-2/h4-5H,3H2,1-2H3,(H,15,16). The lowest BCUT2D eigenvalue weighted by atomic mass is 10.1. The van der Waals surface area contributed by atoms with Crippen molar-refractivity contribution in [3.05, 3.63) is 29.0 Å². The van der Waals surface area contributed by atoms with E-state index in [2.05, 4.69) is 5.16 Å². The topological polar surface area (TPSA) is 81.8 Å². The number of carbonyl (C=O) groups is 1. The summed E-state index contributed by atoms with van der Waals surface area (Å²) in [6.45, 7) is 0. The van der Waals surface area contributed by atoms with E-state index in [0.717, 1.165) is 11.1 Å². The molecule has 0 spiro atoms. The number of methoxy groups -OCH3 is 2. The van der Waals surface area contributed by atoms with E-state index in [0.29, 0.717) is 29.2 Å². The summed E-state index contributed by atoms with van der Waals surface area (Å²) in [5.74, 6) is 0.587. The number of aromatic nitrogens is 1. The van der Waals surface area contributed by atoms with Crippen molar-refractivity contribution < 1.29 is 23.9 Å². The van der Waals surface area contributed by atoms with Crippen molar-refractivity contribution >= 4 is 5.97 Å². The molecule has 0 amide bonds. The maximum atomic E-state index is 11.0. The van der Waals surface area contributed by atoms with E-state index in [1.54, 1.807) is 20.3 Å². The van der Waals surface area contributed by atoms with Crippen LogP contribution in [-0.2, 0) is 6.42 Å². The van der Waals surface area contributed by atoms with Gasteiger partial charge in [0, 0.05) is 17.5 Å². The molecule has 1 aromatic heterocycles. The van der Waals surface area contributed by atoms with E-state index >= 15 is 0 Å². The summed E-state index contributed by atoms with van der Waals surface area (Å²) < 4.78 is 15.6. The fraction of sp³-hybridized carbons (Fsp3) is 0.231. The third-order valence-corrected chi connectivity index (χ3v) is 3.21. The van der Waals surface area contributed by atoms with Gasteiger partial charge in [-0.15, -0.1) is 0 Å². The molecule has 1 aliphatic carbocycles. The Morgan fingerprint density at radius 1 is 1.32 bits per heavy atom. The van der Waals surface area contributed by atoms with Gasteiger partial charge < -0.3 is 19.1 Å². The van der Waals surface area contributed by atoms with Crippen molar-refractivity contribution in [2.45, 2.75) is 6.42 Å². The maximum absolute atomic E-state index is 11.0. The molecule has 0 saturated carbocycles. The summed E-state index contributed by atoms with van der Waals surface area (Å²) in [4.78, 5) is 11.0. The molecule has 0 fully saturated rings. The summed E-state index contributed by atoms with van der Waals surface area (Å²) in [5, 5.41) is 12.6. The number of rotatable bonds is 3. The van der Waals surface area contributed by atoms with E-state index in [4.69, 9.17) is 19.1 Å². The Bertz CT molecular complexity index is 674. The average Bonchev–Trinajstić information content (AvgIpc) is 2.94. The molecule has 0 bridgehead atoms. The lowest BCUT2D eigenvalue weighted by Crippen LogP contribution is -2.00. The Morgan fingerprint density at radius 3 is 2.63 bits per heavy atom. The molecule has 0 aliphatic heterocycles. The fourth-order valence-corrected chi connectivity index (χ4v) is 2.32. The number of hydrogen-bond donors (Lipinski definition) is 1. The molecule has 0 unspecified atom stereocenters. The highest BCUT2D eigenvalue weighted by molar-refractivity contribution is 5.91. The van der Waals surface area contributed by atoms with Crippen molar-refractivity contribution in [2.24, 2.45) is 0 Å². The van der Waals surface area contributed by atoms with Gasteiger partial charge >= 0.3 is 5.97 Å². The highest BCUT2D eigenvalue weighted by Gasteiger charge is 2.31. The molecular formula is C13H11NO5. The van der Waals surface area contributed by atoms with Gasteiger partial charge in [0.05, 0.1) is 14.2 Å². The molecule has 0 radical (unpaired) electrons.